The number of hydrogen-bond donors (Lipinski definition) is 1. The van der Waals surface area contributed by atoms with Crippen molar-refractivity contribution in [3.8, 4) is 0 Å². The van der Waals surface area contributed by atoms with Gasteiger partial charge in [0.1, 0.15) is 17.2 Å². The van der Waals surface area contributed by atoms with Crippen LogP contribution in [0, 0.1) is 5.92 Å². The van der Waals surface area contributed by atoms with Crippen molar-refractivity contribution < 1.29 is 22.8 Å². The third-order valence-corrected chi connectivity index (χ3v) is 4.50. The standard InChI is InChI=1S/C15H14ClF3N2O2S/c1-7(22)10-5-20-13-9(14(10)23)3-8(21-12(16)6-24-2)4-11(13)15(17,18)19/h3-5,10,12,21H,6H2,1-2H3. The highest BCUT2D eigenvalue weighted by Gasteiger charge is 2.39. The van der Waals surface area contributed by atoms with Crippen LogP contribution < -0.4 is 5.32 Å². The molecule has 9 heteroatoms. The first-order valence-corrected chi connectivity index (χ1v) is 8.71. The lowest BCUT2D eigenvalue weighted by atomic mass is 9.89. The third-order valence-electron chi connectivity index (χ3n) is 3.39. The maximum atomic E-state index is 13.3. The van der Waals surface area contributed by atoms with E-state index in [1.165, 1.54) is 24.8 Å². The lowest BCUT2D eigenvalue weighted by molar-refractivity contribution is -0.137. The van der Waals surface area contributed by atoms with Crippen molar-refractivity contribution in [2.24, 2.45) is 10.9 Å². The Labute approximate surface area is 145 Å². The zero-order valence-corrected chi connectivity index (χ0v) is 14.4. The maximum absolute atomic E-state index is 13.3. The predicted octanol–water partition coefficient (Wildman–Crippen LogP) is 4.15. The van der Waals surface area contributed by atoms with Crippen LogP contribution in [0.15, 0.2) is 17.1 Å². The predicted molar refractivity (Wildman–Crippen MR) is 89.7 cm³/mol. The Hall–Kier alpha value is -1.54. The van der Waals surface area contributed by atoms with Crippen molar-refractivity contribution in [2.75, 3.05) is 17.3 Å². The highest BCUT2D eigenvalue weighted by molar-refractivity contribution is 7.98. The molecule has 1 aliphatic rings. The van der Waals surface area contributed by atoms with Crippen LogP contribution in [0.1, 0.15) is 22.8 Å². The zero-order valence-electron chi connectivity index (χ0n) is 12.8. The van der Waals surface area contributed by atoms with Crippen LogP contribution in [0.25, 0.3) is 0 Å². The smallest absolute Gasteiger partial charge is 0.369 e. The molecule has 1 aromatic rings. The number of carbonyl (C=O) groups excluding carboxylic acids is 2. The number of anilines is 1. The Balaban J connectivity index is 2.54. The highest BCUT2D eigenvalue weighted by atomic mass is 35.5. The number of rotatable bonds is 5. The number of ketones is 2. The summed E-state index contributed by atoms with van der Waals surface area (Å²) in [7, 11) is 0. The molecule has 0 aliphatic carbocycles. The van der Waals surface area contributed by atoms with Crippen molar-refractivity contribution in [2.45, 2.75) is 18.6 Å². The van der Waals surface area contributed by atoms with Gasteiger partial charge in [0.25, 0.3) is 0 Å². The normalized spacial score (nSPS) is 18.2. The van der Waals surface area contributed by atoms with E-state index in [0.29, 0.717) is 5.75 Å². The Kier molecular flexibility index (Phi) is 5.59. The molecule has 0 radical (unpaired) electrons. The van der Waals surface area contributed by atoms with E-state index in [-0.39, 0.29) is 11.3 Å². The number of benzene rings is 1. The second-order valence-electron chi connectivity index (χ2n) is 5.22. The minimum absolute atomic E-state index is 0.0582. The van der Waals surface area contributed by atoms with Crippen molar-refractivity contribution in [1.29, 1.82) is 0 Å². The average molecular weight is 379 g/mol. The van der Waals surface area contributed by atoms with Crippen molar-refractivity contribution in [1.82, 2.24) is 0 Å². The van der Waals surface area contributed by atoms with Crippen LogP contribution in [0.2, 0.25) is 0 Å². The van der Waals surface area contributed by atoms with E-state index in [0.717, 1.165) is 12.3 Å². The molecular weight excluding hydrogens is 365 g/mol. The average Bonchev–Trinajstić information content (AvgIpc) is 2.46. The first kappa shape index (κ1) is 18.8. The molecule has 130 valence electrons. The van der Waals surface area contributed by atoms with Crippen LogP contribution in [-0.2, 0) is 11.0 Å². The molecule has 1 aliphatic heterocycles. The zero-order chi connectivity index (χ0) is 18.1. The molecule has 0 saturated heterocycles. The van der Waals surface area contributed by atoms with E-state index in [2.05, 4.69) is 10.3 Å². The minimum Gasteiger partial charge on any atom is -0.369 e. The molecule has 0 spiro atoms. The first-order valence-electron chi connectivity index (χ1n) is 6.88. The lowest BCUT2D eigenvalue weighted by Crippen LogP contribution is -2.27. The van der Waals surface area contributed by atoms with Gasteiger partial charge in [-0.15, -0.1) is 0 Å². The van der Waals surface area contributed by atoms with Gasteiger partial charge in [0.15, 0.2) is 5.78 Å². The molecule has 0 aromatic heterocycles. The van der Waals surface area contributed by atoms with Crippen molar-refractivity contribution >= 4 is 52.5 Å². The molecule has 2 atom stereocenters. The molecule has 0 saturated carbocycles. The molecule has 1 N–H and O–H groups in total. The second kappa shape index (κ2) is 7.14. The number of aliphatic imine (C=N–C) groups is 1. The molecule has 2 rings (SSSR count). The molecule has 0 fully saturated rings. The van der Waals surface area contributed by atoms with Gasteiger partial charge in [-0.05, 0) is 25.3 Å². The van der Waals surface area contributed by atoms with Gasteiger partial charge in [-0.1, -0.05) is 11.6 Å². The Morgan fingerprint density at radius 2 is 2.12 bits per heavy atom. The van der Waals surface area contributed by atoms with E-state index in [4.69, 9.17) is 11.6 Å². The number of thioether (sulfide) groups is 1. The van der Waals surface area contributed by atoms with E-state index in [1.807, 2.05) is 0 Å². The fraction of sp³-hybridized carbons (Fsp3) is 0.400. The Morgan fingerprint density at radius 3 is 2.67 bits per heavy atom. The number of hydrogen-bond acceptors (Lipinski definition) is 5. The second-order valence-corrected chi connectivity index (χ2v) is 6.65. The van der Waals surface area contributed by atoms with Crippen LogP contribution >= 0.6 is 23.4 Å². The van der Waals surface area contributed by atoms with Crippen LogP contribution in [0.4, 0.5) is 24.5 Å². The third kappa shape index (κ3) is 3.92. The molecule has 1 aromatic carbocycles. The van der Waals surface area contributed by atoms with Gasteiger partial charge in [-0.25, -0.2) is 0 Å². The molecule has 1 heterocycles. The van der Waals surface area contributed by atoms with Crippen LogP contribution in [0.5, 0.6) is 0 Å². The van der Waals surface area contributed by atoms with Crippen LogP contribution in [-0.4, -0.2) is 35.3 Å². The Morgan fingerprint density at radius 1 is 1.46 bits per heavy atom. The maximum Gasteiger partial charge on any atom is 0.418 e. The topological polar surface area (TPSA) is 58.5 Å². The molecule has 24 heavy (non-hydrogen) atoms. The molecule has 2 unspecified atom stereocenters. The number of fused-ring (bicyclic) bond motifs is 1. The van der Waals surface area contributed by atoms with Crippen LogP contribution in [0.3, 0.4) is 0 Å². The molecule has 0 bridgehead atoms. The van der Waals surface area contributed by atoms with Gasteiger partial charge in [-0.3, -0.25) is 14.6 Å². The minimum atomic E-state index is -4.69. The summed E-state index contributed by atoms with van der Waals surface area (Å²) in [4.78, 5) is 27.5. The Bertz CT molecular complexity index is 707. The quantitative estimate of drug-likeness (QED) is 0.475. The largest absolute Gasteiger partial charge is 0.418 e. The SMILES string of the molecule is CSCC(Cl)Nc1cc2c(c(C(F)(F)F)c1)N=CC(C(C)=O)C2=O. The van der Waals surface area contributed by atoms with Crippen molar-refractivity contribution in [3.05, 3.63) is 23.3 Å². The number of nitrogens with one attached hydrogen (secondary N) is 1. The summed E-state index contributed by atoms with van der Waals surface area (Å²) >= 11 is 7.42. The number of alkyl halides is 4. The fourth-order valence-electron chi connectivity index (χ4n) is 2.30. The summed E-state index contributed by atoms with van der Waals surface area (Å²) in [6, 6.07) is 2.13. The molecule has 0 amide bonds. The summed E-state index contributed by atoms with van der Waals surface area (Å²) in [5, 5.41) is 2.73. The van der Waals surface area contributed by atoms with Gasteiger partial charge in [0.05, 0.1) is 11.3 Å². The van der Waals surface area contributed by atoms with E-state index >= 15 is 0 Å². The number of Topliss-reactive ketones (excluding diaryl/α,β-unsaturated/α-hetero) is 2. The number of carbonyl (C=O) groups is 2. The number of nitrogens with zero attached hydrogens (tertiary/aromatic N) is 1. The van der Waals surface area contributed by atoms with E-state index < -0.39 is 40.4 Å². The highest BCUT2D eigenvalue weighted by Crippen LogP contribution is 2.42. The van der Waals surface area contributed by atoms with Gasteiger partial charge >= 0.3 is 6.18 Å². The lowest BCUT2D eigenvalue weighted by Gasteiger charge is -2.22. The van der Waals surface area contributed by atoms with Gasteiger partial charge in [0.2, 0.25) is 0 Å². The van der Waals surface area contributed by atoms with Gasteiger partial charge in [-0.2, -0.15) is 24.9 Å². The fourth-order valence-corrected chi connectivity index (χ4v) is 3.18. The first-order chi connectivity index (χ1) is 11.1. The summed E-state index contributed by atoms with van der Waals surface area (Å²) in [5.74, 6) is -1.87. The van der Waals surface area contributed by atoms with Gasteiger partial charge < -0.3 is 5.32 Å². The number of halogens is 4. The monoisotopic (exact) mass is 378 g/mol. The molecule has 4 nitrogen and oxygen atoms in total. The van der Waals surface area contributed by atoms with Crippen molar-refractivity contribution in [3.63, 3.8) is 0 Å². The molecular formula is C15H14ClF3N2O2S. The van der Waals surface area contributed by atoms with E-state index in [9.17, 15) is 22.8 Å². The summed E-state index contributed by atoms with van der Waals surface area (Å²) in [6.45, 7) is 1.19. The van der Waals surface area contributed by atoms with E-state index in [1.54, 1.807) is 6.26 Å². The van der Waals surface area contributed by atoms with Gasteiger partial charge in [0, 0.05) is 23.2 Å². The summed E-state index contributed by atoms with van der Waals surface area (Å²) < 4.78 is 39.9. The summed E-state index contributed by atoms with van der Waals surface area (Å²) in [6.07, 6.45) is -1.92. The summed E-state index contributed by atoms with van der Waals surface area (Å²) in [5.41, 5.74) is -2.29.